The van der Waals surface area contributed by atoms with Gasteiger partial charge in [-0.05, 0) is 23.6 Å². The van der Waals surface area contributed by atoms with Gasteiger partial charge in [-0.1, -0.05) is 116 Å². The summed E-state index contributed by atoms with van der Waals surface area (Å²) in [6.07, 6.45) is 4.23. The van der Waals surface area contributed by atoms with Crippen molar-refractivity contribution < 1.29 is 0 Å². The lowest BCUT2D eigenvalue weighted by Gasteiger charge is -2.08. The van der Waals surface area contributed by atoms with Crippen LogP contribution in [0, 0.1) is 0 Å². The largest absolute Gasteiger partial charge is 0.256 e. The summed E-state index contributed by atoms with van der Waals surface area (Å²) >= 11 is 0. The van der Waals surface area contributed by atoms with Gasteiger partial charge in [-0.25, -0.2) is 0 Å². The fourth-order valence-corrected chi connectivity index (χ4v) is 2.43. The Bertz CT molecular complexity index is 700. The van der Waals surface area contributed by atoms with Crippen LogP contribution < -0.4 is 0 Å². The minimum Gasteiger partial charge on any atom is -0.256 e. The van der Waals surface area contributed by atoms with Gasteiger partial charge in [0, 0.05) is 17.3 Å². The van der Waals surface area contributed by atoms with Crippen molar-refractivity contribution >= 4 is 0 Å². The Morgan fingerprint density at radius 3 is 1.70 bits per heavy atom. The summed E-state index contributed by atoms with van der Waals surface area (Å²) in [5, 5.41) is 0. The summed E-state index contributed by atoms with van der Waals surface area (Å²) in [5.41, 5.74) is 5.97. The number of benzene rings is 2. The van der Waals surface area contributed by atoms with Crippen molar-refractivity contribution in [1.29, 1.82) is 0 Å². The summed E-state index contributed by atoms with van der Waals surface area (Å²) in [6.45, 7) is 14.4. The van der Waals surface area contributed by atoms with E-state index in [1.165, 1.54) is 23.1 Å². The van der Waals surface area contributed by atoms with Crippen molar-refractivity contribution in [3.8, 4) is 22.4 Å². The molecule has 3 rings (SSSR count). The van der Waals surface area contributed by atoms with Gasteiger partial charge in [0.2, 0.25) is 0 Å². The van der Waals surface area contributed by atoms with Gasteiger partial charge in [-0.3, -0.25) is 4.98 Å². The van der Waals surface area contributed by atoms with E-state index in [0.29, 0.717) is 0 Å². The van der Waals surface area contributed by atoms with Crippen molar-refractivity contribution in [2.75, 3.05) is 0 Å². The fraction of sp³-hybridized carbons (Fsp3) is 0.346. The van der Waals surface area contributed by atoms with Crippen LogP contribution in [0.5, 0.6) is 0 Å². The highest BCUT2D eigenvalue weighted by molar-refractivity contribution is 5.68. The van der Waals surface area contributed by atoms with E-state index in [2.05, 4.69) is 86.4 Å². The molecule has 0 atom stereocenters. The van der Waals surface area contributed by atoms with Crippen LogP contribution in [0.2, 0.25) is 0 Å². The second kappa shape index (κ2) is 15.8. The van der Waals surface area contributed by atoms with Crippen LogP contribution in [0.1, 0.15) is 60.5 Å². The Hall–Kier alpha value is -2.41. The van der Waals surface area contributed by atoms with E-state index in [0.717, 1.165) is 17.7 Å². The Balaban J connectivity index is 0.000000860. The molecule has 0 aliphatic rings. The van der Waals surface area contributed by atoms with E-state index in [4.69, 9.17) is 0 Å². The molecular weight excluding hydrogens is 326 g/mol. The van der Waals surface area contributed by atoms with Crippen LogP contribution in [0.3, 0.4) is 0 Å². The molecule has 0 aliphatic carbocycles. The third-order valence-electron chi connectivity index (χ3n) is 3.54. The van der Waals surface area contributed by atoms with Gasteiger partial charge in [0.05, 0.1) is 5.69 Å². The van der Waals surface area contributed by atoms with E-state index in [9.17, 15) is 0 Å². The number of nitrogens with zero attached hydrogens (tertiary/aromatic N) is 1. The topological polar surface area (TPSA) is 12.9 Å². The Labute approximate surface area is 167 Å². The molecule has 0 N–H and O–H groups in total. The smallest absolute Gasteiger partial charge is 0.0705 e. The summed E-state index contributed by atoms with van der Waals surface area (Å²) in [4.78, 5) is 4.63. The lowest BCUT2D eigenvalue weighted by atomic mass is 10.0. The van der Waals surface area contributed by atoms with Crippen LogP contribution in [0.15, 0.2) is 72.9 Å². The number of hydrogen-bond donors (Lipinski definition) is 0. The predicted molar refractivity (Wildman–Crippen MR) is 123 cm³/mol. The van der Waals surface area contributed by atoms with Crippen LogP contribution in [-0.2, 0) is 6.42 Å². The highest BCUT2D eigenvalue weighted by Crippen LogP contribution is 2.25. The molecule has 27 heavy (non-hydrogen) atoms. The van der Waals surface area contributed by atoms with Gasteiger partial charge in [0.25, 0.3) is 0 Å². The second-order valence-corrected chi connectivity index (χ2v) is 5.52. The number of aromatic nitrogens is 1. The fourth-order valence-electron chi connectivity index (χ4n) is 2.43. The van der Waals surface area contributed by atoms with Gasteiger partial charge >= 0.3 is 0 Å². The van der Waals surface area contributed by atoms with Gasteiger partial charge in [0.1, 0.15) is 0 Å². The summed E-state index contributed by atoms with van der Waals surface area (Å²) in [6, 6.07) is 23.1. The molecule has 0 amide bonds. The molecule has 0 unspecified atom stereocenters. The summed E-state index contributed by atoms with van der Waals surface area (Å²) in [5.74, 6) is 0. The third kappa shape index (κ3) is 8.21. The minimum absolute atomic E-state index is 1.03. The van der Waals surface area contributed by atoms with Crippen molar-refractivity contribution in [3.05, 3.63) is 78.5 Å². The van der Waals surface area contributed by atoms with E-state index in [1.807, 2.05) is 40.0 Å². The van der Waals surface area contributed by atoms with Crippen LogP contribution >= 0.6 is 0 Å². The zero-order chi connectivity index (χ0) is 20.5. The molecule has 0 aliphatic heterocycles. The van der Waals surface area contributed by atoms with E-state index in [1.54, 1.807) is 0 Å². The SMILES string of the molecule is CC.CC.CCC.CCc1ccccc1-c1ccc(-c2ccccc2)cn1. The molecule has 0 saturated heterocycles. The highest BCUT2D eigenvalue weighted by atomic mass is 14.7. The first-order valence-electron chi connectivity index (χ1n) is 10.4. The molecule has 0 fully saturated rings. The number of hydrogen-bond acceptors (Lipinski definition) is 1. The number of aryl methyl sites for hydroxylation is 1. The average Bonchev–Trinajstić information content (AvgIpc) is 2.78. The Morgan fingerprint density at radius 2 is 1.19 bits per heavy atom. The molecule has 0 radical (unpaired) electrons. The molecule has 0 bridgehead atoms. The van der Waals surface area contributed by atoms with E-state index < -0.39 is 0 Å². The van der Waals surface area contributed by atoms with Crippen LogP contribution in [-0.4, -0.2) is 4.98 Å². The van der Waals surface area contributed by atoms with Crippen molar-refractivity contribution in [1.82, 2.24) is 4.98 Å². The molecular formula is C26H37N. The first kappa shape index (κ1) is 24.6. The summed E-state index contributed by atoms with van der Waals surface area (Å²) < 4.78 is 0. The van der Waals surface area contributed by atoms with E-state index >= 15 is 0 Å². The number of rotatable bonds is 3. The van der Waals surface area contributed by atoms with Gasteiger partial charge in [0.15, 0.2) is 0 Å². The molecule has 0 spiro atoms. The zero-order valence-corrected chi connectivity index (χ0v) is 18.3. The first-order chi connectivity index (χ1) is 13.3. The van der Waals surface area contributed by atoms with E-state index in [-0.39, 0.29) is 0 Å². The Morgan fingerprint density at radius 1 is 0.630 bits per heavy atom. The molecule has 1 heterocycles. The third-order valence-corrected chi connectivity index (χ3v) is 3.54. The number of pyridine rings is 1. The maximum atomic E-state index is 4.63. The van der Waals surface area contributed by atoms with Gasteiger partial charge < -0.3 is 0 Å². The maximum Gasteiger partial charge on any atom is 0.0705 e. The molecule has 2 aromatic carbocycles. The van der Waals surface area contributed by atoms with Crippen LogP contribution in [0.25, 0.3) is 22.4 Å². The average molecular weight is 364 g/mol. The quantitative estimate of drug-likeness (QED) is 0.455. The lowest BCUT2D eigenvalue weighted by molar-refractivity contribution is 1.09. The van der Waals surface area contributed by atoms with Gasteiger partial charge in [-0.2, -0.15) is 0 Å². The van der Waals surface area contributed by atoms with Gasteiger partial charge in [-0.15, -0.1) is 0 Å². The molecule has 1 nitrogen and oxygen atoms in total. The van der Waals surface area contributed by atoms with Crippen molar-refractivity contribution in [2.45, 2.75) is 61.3 Å². The monoisotopic (exact) mass is 363 g/mol. The standard InChI is InChI=1S/C19H17N.C3H8.2C2H6/c1-2-15-8-6-7-11-18(15)19-13-12-17(14-20-19)16-9-4-3-5-10-16;1-3-2;2*1-2/h3-14H,2H2,1H3;3H2,1-2H3;2*1-2H3. The zero-order valence-electron chi connectivity index (χ0n) is 18.3. The first-order valence-corrected chi connectivity index (χ1v) is 10.4. The Kier molecular flexibility index (Phi) is 14.4. The predicted octanol–water partition coefficient (Wildman–Crippen LogP) is 8.45. The highest BCUT2D eigenvalue weighted by Gasteiger charge is 2.05. The second-order valence-electron chi connectivity index (χ2n) is 5.52. The normalized spacial score (nSPS) is 8.85. The van der Waals surface area contributed by atoms with Crippen LogP contribution in [0.4, 0.5) is 0 Å². The summed E-state index contributed by atoms with van der Waals surface area (Å²) in [7, 11) is 0. The maximum absolute atomic E-state index is 4.63. The minimum atomic E-state index is 1.03. The molecule has 3 aromatic rings. The van der Waals surface area contributed by atoms with Crippen molar-refractivity contribution in [3.63, 3.8) is 0 Å². The van der Waals surface area contributed by atoms with Crippen molar-refractivity contribution in [2.24, 2.45) is 0 Å². The molecule has 1 aromatic heterocycles. The molecule has 0 saturated carbocycles. The molecule has 146 valence electrons. The lowest BCUT2D eigenvalue weighted by Crippen LogP contribution is -1.90. The molecule has 1 heteroatoms.